The van der Waals surface area contributed by atoms with Crippen LogP contribution in [0.4, 0.5) is 34.1 Å². The smallest absolute Gasteiger partial charge is 0.416 e. The van der Waals surface area contributed by atoms with E-state index in [9.17, 15) is 22.8 Å². The van der Waals surface area contributed by atoms with Crippen LogP contribution in [-0.2, 0) is 22.9 Å². The van der Waals surface area contributed by atoms with Crippen LogP contribution in [0, 0.1) is 12.3 Å². The molecule has 2 heterocycles. The summed E-state index contributed by atoms with van der Waals surface area (Å²) in [4.78, 5) is 37.9. The molecule has 15 heteroatoms. The van der Waals surface area contributed by atoms with Gasteiger partial charge in [-0.2, -0.15) is 13.2 Å². The number of aromatic nitrogens is 3. The van der Waals surface area contributed by atoms with Crippen molar-refractivity contribution in [1.82, 2.24) is 15.0 Å². The van der Waals surface area contributed by atoms with E-state index in [4.69, 9.17) is 24.7 Å². The fraction of sp³-hybridized carbons (Fsp3) is 0.378. The Hall–Kier alpha value is -5.60. The molecule has 3 amide bonds. The number of ether oxygens (including phenoxy) is 4. The zero-order chi connectivity index (χ0) is 38.4. The molecule has 1 unspecified atom stereocenters. The predicted octanol–water partition coefficient (Wildman–Crippen LogP) is 8.28. The molecule has 1 atom stereocenters. The Balaban J connectivity index is 1.51. The first-order valence-electron chi connectivity index (χ1n) is 16.3. The van der Waals surface area contributed by atoms with Gasteiger partial charge in [0.15, 0.2) is 11.6 Å². The molecule has 0 bridgehead atoms. The molecule has 4 N–H and O–H groups in total. The van der Waals surface area contributed by atoms with Crippen LogP contribution in [0.5, 0.6) is 17.4 Å². The summed E-state index contributed by atoms with van der Waals surface area (Å²) < 4.78 is 65.4. The van der Waals surface area contributed by atoms with E-state index in [1.165, 1.54) is 24.5 Å². The van der Waals surface area contributed by atoms with Gasteiger partial charge in [0.05, 0.1) is 36.9 Å². The zero-order valence-electron chi connectivity index (χ0n) is 30.3. The topological polar surface area (TPSA) is 160 Å². The van der Waals surface area contributed by atoms with Crippen molar-refractivity contribution in [2.24, 2.45) is 11.1 Å². The van der Waals surface area contributed by atoms with Gasteiger partial charge in [-0.05, 0) is 60.7 Å². The summed E-state index contributed by atoms with van der Waals surface area (Å²) in [5, 5.41) is 5.03. The monoisotopic (exact) mass is 724 g/mol. The molecule has 0 fully saturated rings. The fourth-order valence-electron chi connectivity index (χ4n) is 5.89. The molecule has 0 saturated carbocycles. The number of aryl methyl sites for hydroxylation is 1. The van der Waals surface area contributed by atoms with Gasteiger partial charge in [-0.25, -0.2) is 24.5 Å². The van der Waals surface area contributed by atoms with Gasteiger partial charge < -0.3 is 35.3 Å². The van der Waals surface area contributed by atoms with Crippen molar-refractivity contribution in [3.05, 3.63) is 83.3 Å². The number of pyridine rings is 1. The van der Waals surface area contributed by atoms with Gasteiger partial charge in [-0.1, -0.05) is 52.8 Å². The fourth-order valence-corrected chi connectivity index (χ4v) is 5.89. The van der Waals surface area contributed by atoms with E-state index < -0.39 is 40.8 Å². The number of amides is 3. The van der Waals surface area contributed by atoms with Gasteiger partial charge in [-0.3, -0.25) is 0 Å². The lowest BCUT2D eigenvalue weighted by molar-refractivity contribution is -0.139. The van der Waals surface area contributed by atoms with Gasteiger partial charge in [0.1, 0.15) is 18.5 Å². The minimum absolute atomic E-state index is 0.119. The first-order chi connectivity index (χ1) is 24.3. The lowest BCUT2D eigenvalue weighted by atomic mass is 9.68. The normalized spacial score (nSPS) is 12.4. The lowest BCUT2D eigenvalue weighted by Crippen LogP contribution is -2.48. The number of hydrogen-bond acceptors (Lipinski definition) is 9. The number of halogens is 3. The number of nitrogens with zero attached hydrogens (tertiary/aromatic N) is 3. The largest absolute Gasteiger partial charge is 0.497 e. The molecule has 12 nitrogen and oxygen atoms in total. The van der Waals surface area contributed by atoms with Crippen LogP contribution in [-0.4, -0.2) is 46.9 Å². The second-order valence-corrected chi connectivity index (χ2v) is 13.5. The van der Waals surface area contributed by atoms with Crippen LogP contribution in [0.2, 0.25) is 0 Å². The number of anilines is 2. The van der Waals surface area contributed by atoms with Crippen LogP contribution >= 0.6 is 0 Å². The third-order valence-electron chi connectivity index (χ3n) is 8.09. The third-order valence-corrected chi connectivity index (χ3v) is 8.09. The third kappa shape index (κ3) is 9.59. The number of primary amides is 1. The highest BCUT2D eigenvalue weighted by Gasteiger charge is 2.46. The number of nitrogens with two attached hydrogens (primary N) is 1. The summed E-state index contributed by atoms with van der Waals surface area (Å²) in [5.74, 6) is 1.69. The number of carbonyl (C=O) groups excluding carboxylic acids is 2. The Morgan fingerprint density at radius 2 is 1.60 bits per heavy atom. The number of methoxy groups -OCH3 is 1. The predicted molar refractivity (Wildman–Crippen MR) is 190 cm³/mol. The number of carbonyl (C=O) groups is 2. The average molecular weight is 725 g/mol. The highest BCUT2D eigenvalue weighted by molar-refractivity contribution is 6.00. The maximum atomic E-state index is 14.4. The molecule has 0 saturated heterocycles. The van der Waals surface area contributed by atoms with Crippen molar-refractivity contribution in [1.29, 1.82) is 0 Å². The molecule has 278 valence electrons. The van der Waals surface area contributed by atoms with E-state index in [1.54, 1.807) is 54.7 Å². The minimum Gasteiger partial charge on any atom is -0.497 e. The standard InChI is InChI=1S/C37H43F3N6O6/c1-9-50-29-16-23(18-43-31(29)51-20-22-10-13-25(49-8)14-11-22)30-42-19-28(21(2)44-30)46-34(48)45-24-12-15-26(27(17-24)37(38,39)40)36(6,7)32(35(3,4)5)52-33(41)47/h10-19,32H,9,20H2,1-8H3,(H2,41,47)(H2,45,46,48). The molecule has 2 aromatic heterocycles. The number of hydrogen-bond donors (Lipinski definition) is 3. The second kappa shape index (κ2) is 15.7. The number of rotatable bonds is 12. The van der Waals surface area contributed by atoms with Gasteiger partial charge in [0, 0.05) is 22.9 Å². The molecule has 4 rings (SSSR count). The lowest BCUT2D eigenvalue weighted by Gasteiger charge is -2.42. The molecule has 0 spiro atoms. The van der Waals surface area contributed by atoms with E-state index in [0.29, 0.717) is 29.4 Å². The zero-order valence-corrected chi connectivity index (χ0v) is 30.3. The van der Waals surface area contributed by atoms with Crippen LogP contribution in [0.25, 0.3) is 11.4 Å². The second-order valence-electron chi connectivity index (χ2n) is 13.5. The van der Waals surface area contributed by atoms with Gasteiger partial charge in [0.25, 0.3) is 5.88 Å². The van der Waals surface area contributed by atoms with Crippen LogP contribution in [0.15, 0.2) is 60.9 Å². The van der Waals surface area contributed by atoms with Crippen molar-refractivity contribution in [3.63, 3.8) is 0 Å². The first kappa shape index (κ1) is 39.2. The number of alkyl halides is 3. The highest BCUT2D eigenvalue weighted by atomic mass is 19.4. The molecule has 4 aromatic rings. The van der Waals surface area contributed by atoms with Crippen LogP contribution in [0.3, 0.4) is 0 Å². The SMILES string of the molecule is CCOc1cc(-c2ncc(NC(=O)Nc3ccc(C(C)(C)C(OC(N)=O)C(C)(C)C)c(C(F)(F)F)c3)c(C)n2)cnc1OCc1ccc(OC)cc1. The maximum absolute atomic E-state index is 14.4. The van der Waals surface area contributed by atoms with Crippen molar-refractivity contribution in [2.45, 2.75) is 72.8 Å². The van der Waals surface area contributed by atoms with Crippen LogP contribution < -0.4 is 30.6 Å². The molecule has 0 radical (unpaired) electrons. The Labute approximate surface area is 300 Å². The van der Waals surface area contributed by atoms with Crippen molar-refractivity contribution >= 4 is 23.5 Å². The summed E-state index contributed by atoms with van der Waals surface area (Å²) in [6, 6.07) is 11.7. The van der Waals surface area contributed by atoms with Crippen molar-refractivity contribution < 1.29 is 41.7 Å². The maximum Gasteiger partial charge on any atom is 0.416 e. The van der Waals surface area contributed by atoms with Crippen molar-refractivity contribution in [3.8, 4) is 28.8 Å². The Morgan fingerprint density at radius 3 is 2.17 bits per heavy atom. The summed E-state index contributed by atoms with van der Waals surface area (Å²) in [5.41, 5.74) is 3.98. The molecular weight excluding hydrogens is 681 g/mol. The summed E-state index contributed by atoms with van der Waals surface area (Å²) in [7, 11) is 1.59. The quantitative estimate of drug-likeness (QED) is 0.131. The minimum atomic E-state index is -4.80. The van der Waals surface area contributed by atoms with E-state index in [2.05, 4.69) is 25.6 Å². The van der Waals surface area contributed by atoms with Gasteiger partial charge in [0.2, 0.25) is 0 Å². The van der Waals surface area contributed by atoms with E-state index in [1.807, 2.05) is 31.2 Å². The first-order valence-corrected chi connectivity index (χ1v) is 16.3. The molecule has 52 heavy (non-hydrogen) atoms. The average Bonchev–Trinajstić information content (AvgIpc) is 3.06. The molecule has 0 aliphatic heterocycles. The van der Waals surface area contributed by atoms with Crippen LogP contribution in [0.1, 0.15) is 63.9 Å². The van der Waals surface area contributed by atoms with Gasteiger partial charge >= 0.3 is 18.3 Å². The molecule has 0 aliphatic rings. The highest BCUT2D eigenvalue weighted by Crippen LogP contribution is 2.45. The summed E-state index contributed by atoms with van der Waals surface area (Å²) >= 11 is 0. The van der Waals surface area contributed by atoms with E-state index in [0.717, 1.165) is 17.4 Å². The number of urea groups is 1. The Morgan fingerprint density at radius 1 is 0.904 bits per heavy atom. The van der Waals surface area contributed by atoms with E-state index >= 15 is 0 Å². The number of nitrogens with one attached hydrogen (secondary N) is 2. The Bertz CT molecular complexity index is 1890. The number of benzene rings is 2. The summed E-state index contributed by atoms with van der Waals surface area (Å²) in [6.45, 7) is 12.4. The van der Waals surface area contributed by atoms with Gasteiger partial charge in [-0.15, -0.1) is 0 Å². The molecular formula is C37H43F3N6O6. The molecule has 0 aliphatic carbocycles. The summed E-state index contributed by atoms with van der Waals surface area (Å²) in [6.07, 6.45) is -3.99. The molecule has 2 aromatic carbocycles. The van der Waals surface area contributed by atoms with Crippen molar-refractivity contribution in [2.75, 3.05) is 24.4 Å². The van der Waals surface area contributed by atoms with E-state index in [-0.39, 0.29) is 29.4 Å². The Kier molecular flexibility index (Phi) is 11.9.